The van der Waals surface area contributed by atoms with E-state index in [2.05, 4.69) is 65.0 Å². The molecular weight excluding hydrogens is 240 g/mol. The van der Waals surface area contributed by atoms with Crippen molar-refractivity contribution < 1.29 is 0 Å². The molecule has 20 heavy (non-hydrogen) atoms. The van der Waals surface area contributed by atoms with Crippen LogP contribution < -0.4 is 0 Å². The summed E-state index contributed by atoms with van der Waals surface area (Å²) in [6.45, 7) is 11.2. The van der Waals surface area contributed by atoms with E-state index in [1.807, 2.05) is 0 Å². The molecule has 0 aromatic heterocycles. The molecule has 0 saturated carbocycles. The van der Waals surface area contributed by atoms with E-state index in [0.29, 0.717) is 0 Å². The summed E-state index contributed by atoms with van der Waals surface area (Å²) in [6.07, 6.45) is 3.49. The summed E-state index contributed by atoms with van der Waals surface area (Å²) in [5.41, 5.74) is 12.9. The zero-order chi connectivity index (χ0) is 14.4. The average molecular weight is 262 g/mol. The molecule has 3 rings (SSSR count). The normalized spacial score (nSPS) is 13.3. The molecule has 1 aliphatic rings. The monoisotopic (exact) mass is 262 g/mol. The van der Waals surface area contributed by atoms with Gasteiger partial charge in [0.1, 0.15) is 0 Å². The van der Waals surface area contributed by atoms with Crippen LogP contribution in [0.2, 0.25) is 0 Å². The molecule has 2 aromatic carbocycles. The SMILES string of the molecule is CC1=Cc2c(c(C)c(C)c(C)c2-c2cccc(C)c2)C1. The zero-order valence-electron chi connectivity index (χ0n) is 13.1. The molecule has 1 aliphatic carbocycles. The number of allylic oxidation sites excluding steroid dienone is 1. The van der Waals surface area contributed by atoms with Crippen LogP contribution in [0.25, 0.3) is 17.2 Å². The molecule has 0 atom stereocenters. The van der Waals surface area contributed by atoms with Crippen LogP contribution in [0.1, 0.15) is 40.3 Å². The average Bonchev–Trinajstić information content (AvgIpc) is 2.78. The van der Waals surface area contributed by atoms with Crippen molar-refractivity contribution in [2.24, 2.45) is 0 Å². The van der Waals surface area contributed by atoms with Crippen LogP contribution in [0, 0.1) is 27.7 Å². The van der Waals surface area contributed by atoms with E-state index in [0.717, 1.165) is 6.42 Å². The summed E-state index contributed by atoms with van der Waals surface area (Å²) in [7, 11) is 0. The summed E-state index contributed by atoms with van der Waals surface area (Å²) in [5, 5.41) is 0. The van der Waals surface area contributed by atoms with E-state index in [4.69, 9.17) is 0 Å². The Bertz CT molecular complexity index is 730. The fourth-order valence-electron chi connectivity index (χ4n) is 3.39. The largest absolute Gasteiger partial charge is 0.0683 e. The minimum Gasteiger partial charge on any atom is -0.0683 e. The molecule has 0 fully saturated rings. The van der Waals surface area contributed by atoms with Gasteiger partial charge in [-0.05, 0) is 80.0 Å². The van der Waals surface area contributed by atoms with E-state index in [1.54, 1.807) is 0 Å². The highest BCUT2D eigenvalue weighted by molar-refractivity contribution is 5.85. The Balaban J connectivity index is 2.36. The molecule has 0 saturated heterocycles. The van der Waals surface area contributed by atoms with Gasteiger partial charge >= 0.3 is 0 Å². The lowest BCUT2D eigenvalue weighted by molar-refractivity contribution is 1.13. The number of rotatable bonds is 1. The van der Waals surface area contributed by atoms with Crippen LogP contribution >= 0.6 is 0 Å². The van der Waals surface area contributed by atoms with Crippen molar-refractivity contribution in [1.82, 2.24) is 0 Å². The van der Waals surface area contributed by atoms with E-state index in [9.17, 15) is 0 Å². The number of hydrogen-bond donors (Lipinski definition) is 0. The topological polar surface area (TPSA) is 0 Å². The number of benzene rings is 2. The van der Waals surface area contributed by atoms with Crippen molar-refractivity contribution in [3.63, 3.8) is 0 Å². The number of fused-ring (bicyclic) bond motifs is 1. The minimum atomic E-state index is 1.11. The van der Waals surface area contributed by atoms with Gasteiger partial charge in [-0.25, -0.2) is 0 Å². The van der Waals surface area contributed by atoms with Gasteiger partial charge in [-0.2, -0.15) is 0 Å². The van der Waals surface area contributed by atoms with Crippen LogP contribution in [-0.4, -0.2) is 0 Å². The van der Waals surface area contributed by atoms with Gasteiger partial charge in [0.15, 0.2) is 0 Å². The first-order valence-corrected chi connectivity index (χ1v) is 7.36. The van der Waals surface area contributed by atoms with Crippen LogP contribution in [0.15, 0.2) is 29.8 Å². The third-order valence-corrected chi connectivity index (χ3v) is 4.70. The van der Waals surface area contributed by atoms with E-state index in [1.165, 1.54) is 50.1 Å². The van der Waals surface area contributed by atoms with E-state index in [-0.39, 0.29) is 0 Å². The fraction of sp³-hybridized carbons (Fsp3) is 0.300. The Hall–Kier alpha value is -1.82. The molecule has 0 spiro atoms. The first kappa shape index (κ1) is 13.2. The number of aryl methyl sites for hydroxylation is 1. The molecule has 0 heterocycles. The van der Waals surface area contributed by atoms with Crippen molar-refractivity contribution in [1.29, 1.82) is 0 Å². The zero-order valence-corrected chi connectivity index (χ0v) is 13.1. The maximum atomic E-state index is 2.38. The lowest BCUT2D eigenvalue weighted by Gasteiger charge is -2.18. The highest BCUT2D eigenvalue weighted by Crippen LogP contribution is 2.40. The smallest absolute Gasteiger partial charge is 0.00576 e. The second kappa shape index (κ2) is 4.63. The van der Waals surface area contributed by atoms with Gasteiger partial charge in [0.05, 0.1) is 0 Å². The first-order valence-electron chi connectivity index (χ1n) is 7.36. The Morgan fingerprint density at radius 3 is 2.30 bits per heavy atom. The van der Waals surface area contributed by atoms with Gasteiger partial charge in [0, 0.05) is 0 Å². The van der Waals surface area contributed by atoms with Gasteiger partial charge < -0.3 is 0 Å². The Morgan fingerprint density at radius 1 is 0.850 bits per heavy atom. The summed E-state index contributed by atoms with van der Waals surface area (Å²) >= 11 is 0. The Labute approximate surface area is 122 Å². The van der Waals surface area contributed by atoms with Gasteiger partial charge in [-0.3, -0.25) is 0 Å². The molecule has 2 aromatic rings. The van der Waals surface area contributed by atoms with Crippen molar-refractivity contribution in [2.45, 2.75) is 41.0 Å². The molecular formula is C20H22. The fourth-order valence-corrected chi connectivity index (χ4v) is 3.39. The predicted molar refractivity (Wildman–Crippen MR) is 88.2 cm³/mol. The molecule has 0 amide bonds. The molecule has 102 valence electrons. The van der Waals surface area contributed by atoms with Crippen molar-refractivity contribution in [3.05, 3.63) is 63.2 Å². The quantitative estimate of drug-likeness (QED) is 0.632. The number of hydrogen-bond acceptors (Lipinski definition) is 0. The second-order valence-electron chi connectivity index (χ2n) is 6.18. The molecule has 0 bridgehead atoms. The predicted octanol–water partition coefficient (Wildman–Crippen LogP) is 5.55. The van der Waals surface area contributed by atoms with Gasteiger partial charge in [-0.1, -0.05) is 41.5 Å². The van der Waals surface area contributed by atoms with Crippen LogP contribution in [0.5, 0.6) is 0 Å². The molecule has 0 N–H and O–H groups in total. The van der Waals surface area contributed by atoms with Crippen molar-refractivity contribution >= 4 is 6.08 Å². The third kappa shape index (κ3) is 1.91. The first-order chi connectivity index (χ1) is 9.49. The molecule has 0 nitrogen and oxygen atoms in total. The van der Waals surface area contributed by atoms with Gasteiger partial charge in [0.25, 0.3) is 0 Å². The van der Waals surface area contributed by atoms with Gasteiger partial charge in [-0.15, -0.1) is 0 Å². The second-order valence-corrected chi connectivity index (χ2v) is 6.18. The highest BCUT2D eigenvalue weighted by atomic mass is 14.3. The van der Waals surface area contributed by atoms with Crippen LogP contribution in [0.4, 0.5) is 0 Å². The van der Waals surface area contributed by atoms with Crippen molar-refractivity contribution in [3.8, 4) is 11.1 Å². The van der Waals surface area contributed by atoms with E-state index < -0.39 is 0 Å². The lowest BCUT2D eigenvalue weighted by Crippen LogP contribution is -2.00. The summed E-state index contributed by atoms with van der Waals surface area (Å²) < 4.78 is 0. The summed E-state index contributed by atoms with van der Waals surface area (Å²) in [4.78, 5) is 0. The third-order valence-electron chi connectivity index (χ3n) is 4.70. The van der Waals surface area contributed by atoms with Crippen LogP contribution in [-0.2, 0) is 6.42 Å². The maximum Gasteiger partial charge on any atom is -0.00576 e. The molecule has 0 aliphatic heterocycles. The Kier molecular flexibility index (Phi) is 3.05. The maximum absolute atomic E-state index is 2.38. The Morgan fingerprint density at radius 2 is 1.60 bits per heavy atom. The molecule has 0 heteroatoms. The minimum absolute atomic E-state index is 1.11. The lowest BCUT2D eigenvalue weighted by atomic mass is 9.86. The van der Waals surface area contributed by atoms with Crippen LogP contribution in [0.3, 0.4) is 0 Å². The standard InChI is InChI=1S/C20H22/c1-12-7-6-8-17(9-12)20-16(5)14(3)15(4)18-10-13(2)11-19(18)20/h6-9,11H,10H2,1-5H3. The molecule has 0 radical (unpaired) electrons. The summed E-state index contributed by atoms with van der Waals surface area (Å²) in [5.74, 6) is 0. The van der Waals surface area contributed by atoms with Crippen molar-refractivity contribution in [2.75, 3.05) is 0 Å². The van der Waals surface area contributed by atoms with Gasteiger partial charge in [0.2, 0.25) is 0 Å². The molecule has 0 unspecified atom stereocenters. The summed E-state index contributed by atoms with van der Waals surface area (Å²) in [6, 6.07) is 8.88. The van der Waals surface area contributed by atoms with E-state index >= 15 is 0 Å². The highest BCUT2D eigenvalue weighted by Gasteiger charge is 2.21.